The van der Waals surface area contributed by atoms with Gasteiger partial charge in [-0.3, -0.25) is 4.79 Å². The third kappa shape index (κ3) is 3.16. The second-order valence-corrected chi connectivity index (χ2v) is 4.79. The minimum atomic E-state index is -0.240. The lowest BCUT2D eigenvalue weighted by atomic mass is 10.1. The Morgan fingerprint density at radius 3 is 2.57 bits per heavy atom. The van der Waals surface area contributed by atoms with Crippen LogP contribution in [-0.4, -0.2) is 16.3 Å². The average Bonchev–Trinajstić information content (AvgIpc) is 2.50. The molecule has 2 rings (SSSR count). The Labute approximate surface area is 124 Å². The van der Waals surface area contributed by atoms with Crippen LogP contribution < -0.4 is 10.3 Å². The van der Waals surface area contributed by atoms with Gasteiger partial charge in [0, 0.05) is 17.7 Å². The van der Waals surface area contributed by atoms with Crippen LogP contribution in [0.4, 0.5) is 0 Å². The van der Waals surface area contributed by atoms with Crippen molar-refractivity contribution in [3.05, 3.63) is 52.3 Å². The van der Waals surface area contributed by atoms with Gasteiger partial charge in [-0.1, -0.05) is 19.1 Å². The molecule has 2 aromatic rings. The van der Waals surface area contributed by atoms with Crippen LogP contribution in [0.2, 0.25) is 0 Å². The number of hydrogen-bond acceptors (Lipinski definition) is 3. The van der Waals surface area contributed by atoms with Gasteiger partial charge in [0.2, 0.25) is 0 Å². The van der Waals surface area contributed by atoms with E-state index in [1.54, 1.807) is 10.6 Å². The van der Waals surface area contributed by atoms with Gasteiger partial charge in [0.15, 0.2) is 0 Å². The Kier molecular flexibility index (Phi) is 5.17. The monoisotopic (exact) mass is 287 g/mol. The highest BCUT2D eigenvalue weighted by Gasteiger charge is 2.13. The van der Waals surface area contributed by atoms with E-state index in [1.807, 2.05) is 44.2 Å². The number of nitrogens with zero attached hydrogens (tertiary/aromatic N) is 1. The zero-order chi connectivity index (χ0) is 15.2. The van der Waals surface area contributed by atoms with Gasteiger partial charge in [-0.15, -0.1) is 0 Å². The van der Waals surface area contributed by atoms with E-state index in [-0.39, 0.29) is 12.2 Å². The maximum Gasteiger partial charge on any atom is 0.256 e. The molecule has 0 aliphatic heterocycles. The van der Waals surface area contributed by atoms with E-state index in [0.29, 0.717) is 18.7 Å². The number of hydrogen-bond donors (Lipinski definition) is 1. The third-order valence-corrected chi connectivity index (χ3v) is 3.33. The van der Waals surface area contributed by atoms with E-state index in [2.05, 4.69) is 0 Å². The van der Waals surface area contributed by atoms with E-state index >= 15 is 0 Å². The number of aliphatic hydroxyl groups excluding tert-OH is 1. The van der Waals surface area contributed by atoms with Crippen LogP contribution >= 0.6 is 0 Å². The molecule has 0 amide bonds. The molecule has 1 heterocycles. The molecule has 0 atom stereocenters. The van der Waals surface area contributed by atoms with Crippen LogP contribution in [0.1, 0.15) is 25.8 Å². The summed E-state index contributed by atoms with van der Waals surface area (Å²) >= 11 is 0. The lowest BCUT2D eigenvalue weighted by Crippen LogP contribution is -2.25. The zero-order valence-corrected chi connectivity index (χ0v) is 12.5. The van der Waals surface area contributed by atoms with Crippen LogP contribution in [0.25, 0.3) is 11.3 Å². The number of para-hydroxylation sites is 1. The molecule has 0 saturated heterocycles. The summed E-state index contributed by atoms with van der Waals surface area (Å²) in [6.07, 6.45) is 0.846. The first-order valence-electron chi connectivity index (χ1n) is 7.28. The fraction of sp³-hybridized carbons (Fsp3) is 0.353. The summed E-state index contributed by atoms with van der Waals surface area (Å²) in [4.78, 5) is 12.4. The first-order valence-corrected chi connectivity index (χ1v) is 7.28. The van der Waals surface area contributed by atoms with E-state index in [0.717, 1.165) is 23.4 Å². The SMILES string of the molecule is CCCn1c(-c2ccccc2OCC)ccc(CO)c1=O. The predicted molar refractivity (Wildman–Crippen MR) is 83.5 cm³/mol. The molecule has 0 unspecified atom stereocenters. The van der Waals surface area contributed by atoms with Gasteiger partial charge in [0.05, 0.1) is 18.9 Å². The predicted octanol–water partition coefficient (Wildman–Crippen LogP) is 2.82. The largest absolute Gasteiger partial charge is 0.493 e. The van der Waals surface area contributed by atoms with Crippen molar-refractivity contribution in [1.82, 2.24) is 4.57 Å². The molecule has 0 radical (unpaired) electrons. The molecule has 0 aliphatic rings. The molecule has 1 N–H and O–H groups in total. The van der Waals surface area contributed by atoms with E-state index in [1.165, 1.54) is 0 Å². The molecular weight excluding hydrogens is 266 g/mol. The molecule has 1 aromatic carbocycles. The van der Waals surface area contributed by atoms with E-state index < -0.39 is 0 Å². The number of aromatic nitrogens is 1. The van der Waals surface area contributed by atoms with Crippen LogP contribution in [0.5, 0.6) is 5.75 Å². The van der Waals surface area contributed by atoms with Crippen LogP contribution in [0, 0.1) is 0 Å². The van der Waals surface area contributed by atoms with Crippen molar-refractivity contribution in [3.8, 4) is 17.0 Å². The average molecular weight is 287 g/mol. The van der Waals surface area contributed by atoms with Crippen molar-refractivity contribution in [2.75, 3.05) is 6.61 Å². The van der Waals surface area contributed by atoms with Gasteiger partial charge in [-0.05, 0) is 37.6 Å². The molecule has 1 aromatic heterocycles. The Hall–Kier alpha value is -2.07. The highest BCUT2D eigenvalue weighted by atomic mass is 16.5. The minimum Gasteiger partial charge on any atom is -0.493 e. The van der Waals surface area contributed by atoms with Crippen molar-refractivity contribution >= 4 is 0 Å². The van der Waals surface area contributed by atoms with Crippen molar-refractivity contribution in [1.29, 1.82) is 0 Å². The van der Waals surface area contributed by atoms with Crippen LogP contribution in [0.15, 0.2) is 41.2 Å². The van der Waals surface area contributed by atoms with Crippen molar-refractivity contribution in [3.63, 3.8) is 0 Å². The number of rotatable bonds is 6. The molecule has 4 nitrogen and oxygen atoms in total. The highest BCUT2D eigenvalue weighted by molar-refractivity contribution is 5.67. The smallest absolute Gasteiger partial charge is 0.256 e. The summed E-state index contributed by atoms with van der Waals surface area (Å²) in [6.45, 7) is 4.91. The lowest BCUT2D eigenvalue weighted by Gasteiger charge is -2.16. The Morgan fingerprint density at radius 2 is 1.90 bits per heavy atom. The summed E-state index contributed by atoms with van der Waals surface area (Å²) in [5, 5.41) is 9.27. The first kappa shape index (κ1) is 15.3. The van der Waals surface area contributed by atoms with Gasteiger partial charge >= 0.3 is 0 Å². The molecule has 112 valence electrons. The molecule has 0 saturated carbocycles. The van der Waals surface area contributed by atoms with Gasteiger partial charge < -0.3 is 14.4 Å². The summed E-state index contributed by atoms with van der Waals surface area (Å²) in [6, 6.07) is 11.3. The molecule has 4 heteroatoms. The van der Waals surface area contributed by atoms with E-state index in [4.69, 9.17) is 4.74 Å². The Balaban J connectivity index is 2.63. The molecule has 0 bridgehead atoms. The summed E-state index contributed by atoms with van der Waals surface area (Å²) in [7, 11) is 0. The fourth-order valence-corrected chi connectivity index (χ4v) is 2.38. The molecule has 0 fully saturated rings. The molecular formula is C17H21NO3. The standard InChI is InChI=1S/C17H21NO3/c1-3-11-18-15(10-9-13(12-19)17(18)20)14-7-5-6-8-16(14)21-4-2/h5-10,19H,3-4,11-12H2,1-2H3. The van der Waals surface area contributed by atoms with Gasteiger partial charge in [-0.25, -0.2) is 0 Å². The minimum absolute atomic E-state index is 0.136. The van der Waals surface area contributed by atoms with Crippen molar-refractivity contribution in [2.45, 2.75) is 33.4 Å². The van der Waals surface area contributed by atoms with Crippen molar-refractivity contribution in [2.24, 2.45) is 0 Å². The fourth-order valence-electron chi connectivity index (χ4n) is 2.38. The highest BCUT2D eigenvalue weighted by Crippen LogP contribution is 2.29. The topological polar surface area (TPSA) is 51.5 Å². The normalized spacial score (nSPS) is 10.6. The number of pyridine rings is 1. The third-order valence-electron chi connectivity index (χ3n) is 3.33. The summed E-state index contributed by atoms with van der Waals surface area (Å²) in [5.41, 5.74) is 2.00. The Bertz CT molecular complexity index is 661. The summed E-state index contributed by atoms with van der Waals surface area (Å²) < 4.78 is 7.37. The maximum absolute atomic E-state index is 12.4. The Morgan fingerprint density at radius 1 is 1.14 bits per heavy atom. The molecule has 21 heavy (non-hydrogen) atoms. The molecule has 0 aliphatic carbocycles. The summed E-state index contributed by atoms with van der Waals surface area (Å²) in [5.74, 6) is 0.765. The van der Waals surface area contributed by atoms with Crippen LogP contribution in [-0.2, 0) is 13.2 Å². The zero-order valence-electron chi connectivity index (χ0n) is 12.5. The van der Waals surface area contributed by atoms with Crippen molar-refractivity contribution < 1.29 is 9.84 Å². The van der Waals surface area contributed by atoms with Gasteiger partial charge in [-0.2, -0.15) is 0 Å². The second-order valence-electron chi connectivity index (χ2n) is 4.79. The lowest BCUT2D eigenvalue weighted by molar-refractivity contribution is 0.279. The van der Waals surface area contributed by atoms with Gasteiger partial charge in [0.25, 0.3) is 5.56 Å². The number of aliphatic hydroxyl groups is 1. The number of benzene rings is 1. The number of ether oxygens (including phenoxy) is 1. The van der Waals surface area contributed by atoms with E-state index in [9.17, 15) is 9.90 Å². The van der Waals surface area contributed by atoms with Gasteiger partial charge in [0.1, 0.15) is 5.75 Å². The maximum atomic E-state index is 12.4. The quantitative estimate of drug-likeness (QED) is 0.889. The van der Waals surface area contributed by atoms with Crippen LogP contribution in [0.3, 0.4) is 0 Å². The first-order chi connectivity index (χ1) is 10.2. The second kappa shape index (κ2) is 7.09. The molecule has 0 spiro atoms.